The van der Waals surface area contributed by atoms with Gasteiger partial charge in [0, 0.05) is 0 Å². The Balaban J connectivity index is 1.97. The molecule has 0 radical (unpaired) electrons. The maximum absolute atomic E-state index is 14.1. The molecule has 1 nitrogen and oxygen atoms in total. The number of unbranched alkanes of at least 4 members (excludes halogenated alkanes) is 2. The molecule has 0 heterocycles. The van der Waals surface area contributed by atoms with Crippen molar-refractivity contribution in [2.75, 3.05) is 0 Å². The van der Waals surface area contributed by atoms with Crippen molar-refractivity contribution in [3.8, 4) is 5.75 Å². The highest BCUT2D eigenvalue weighted by atomic mass is 19.4. The summed E-state index contributed by atoms with van der Waals surface area (Å²) in [7, 11) is 0. The number of halogens is 7. The third kappa shape index (κ3) is 6.01. The second kappa shape index (κ2) is 9.35. The van der Waals surface area contributed by atoms with Crippen molar-refractivity contribution in [1.82, 2.24) is 0 Å². The molecule has 0 aliphatic heterocycles. The zero-order valence-electron chi connectivity index (χ0n) is 15.7. The summed E-state index contributed by atoms with van der Waals surface area (Å²) in [4.78, 5) is 0. The van der Waals surface area contributed by atoms with Crippen LogP contribution in [0.5, 0.6) is 5.75 Å². The Hall–Kier alpha value is -1.47. The molecule has 1 aromatic rings. The highest BCUT2D eigenvalue weighted by molar-refractivity contribution is 5.32. The summed E-state index contributed by atoms with van der Waals surface area (Å²) in [5.74, 6) is -1.63. The third-order valence-corrected chi connectivity index (χ3v) is 5.32. The van der Waals surface area contributed by atoms with Crippen LogP contribution in [0.3, 0.4) is 0 Å². The van der Waals surface area contributed by atoms with Gasteiger partial charge >= 0.3 is 12.3 Å². The molecule has 1 unspecified atom stereocenters. The highest BCUT2D eigenvalue weighted by Gasteiger charge is 2.59. The van der Waals surface area contributed by atoms with Gasteiger partial charge in [0.2, 0.25) is 0 Å². The molecule has 160 valence electrons. The Bertz CT molecular complexity index is 621. The maximum Gasteiger partial charge on any atom is 0.439 e. The molecule has 8 heteroatoms. The second-order valence-corrected chi connectivity index (χ2v) is 7.47. The minimum atomic E-state index is -5.81. The number of ether oxygens (including phenoxy) is 1. The van der Waals surface area contributed by atoms with Crippen molar-refractivity contribution in [3.63, 3.8) is 0 Å². The van der Waals surface area contributed by atoms with Gasteiger partial charge in [-0.1, -0.05) is 38.7 Å². The Kier molecular flexibility index (Phi) is 7.62. The van der Waals surface area contributed by atoms with E-state index in [-0.39, 0.29) is 5.92 Å². The van der Waals surface area contributed by atoms with E-state index in [1.165, 1.54) is 25.3 Å². The summed E-state index contributed by atoms with van der Waals surface area (Å²) in [5.41, 5.74) is 0.591. The fraction of sp³-hybridized carbons (Fsp3) is 0.700. The molecule has 0 N–H and O–H groups in total. The first kappa shape index (κ1) is 22.8. The number of rotatable bonds is 8. The smallest absolute Gasteiger partial charge is 0.427 e. The van der Waals surface area contributed by atoms with Gasteiger partial charge in [-0.15, -0.1) is 0 Å². The van der Waals surface area contributed by atoms with Crippen LogP contribution in [0.4, 0.5) is 30.7 Å². The van der Waals surface area contributed by atoms with Gasteiger partial charge in [-0.3, -0.25) is 0 Å². The fourth-order valence-corrected chi connectivity index (χ4v) is 3.71. The molecule has 1 atom stereocenters. The first-order valence-electron chi connectivity index (χ1n) is 9.61. The third-order valence-electron chi connectivity index (χ3n) is 5.32. The largest absolute Gasteiger partial charge is 0.439 e. The lowest BCUT2D eigenvalue weighted by Gasteiger charge is -2.29. The Morgan fingerprint density at radius 3 is 2.21 bits per heavy atom. The Morgan fingerprint density at radius 2 is 1.68 bits per heavy atom. The van der Waals surface area contributed by atoms with Crippen LogP contribution in [0.1, 0.15) is 69.8 Å². The van der Waals surface area contributed by atoms with Gasteiger partial charge in [-0.25, -0.2) is 8.78 Å². The van der Waals surface area contributed by atoms with Gasteiger partial charge in [0.1, 0.15) is 0 Å². The summed E-state index contributed by atoms with van der Waals surface area (Å²) in [5, 5.41) is 0. The Morgan fingerprint density at radius 1 is 1.04 bits per heavy atom. The molecule has 2 rings (SSSR count). The lowest BCUT2D eigenvalue weighted by Crippen LogP contribution is -2.45. The van der Waals surface area contributed by atoms with Crippen LogP contribution >= 0.6 is 0 Å². The standard InChI is InChI=1S/C20H25F7O/c1-2-3-4-5-13-6-8-14(9-7-13)15-10-11-17(16(21)12-15)28-20(26,27)18(22)19(23,24)25/h10-14,18H,2-9H2,1H3. The molecule has 1 aliphatic carbocycles. The summed E-state index contributed by atoms with van der Waals surface area (Å²) >= 11 is 0. The van der Waals surface area contributed by atoms with Gasteiger partial charge in [0.05, 0.1) is 0 Å². The van der Waals surface area contributed by atoms with E-state index in [4.69, 9.17) is 0 Å². The zero-order valence-corrected chi connectivity index (χ0v) is 15.7. The molecule has 0 saturated heterocycles. The van der Waals surface area contributed by atoms with Gasteiger partial charge in [-0.05, 0) is 55.2 Å². The molecule has 28 heavy (non-hydrogen) atoms. The molecule has 1 saturated carbocycles. The molecule has 1 aliphatic rings. The molecule has 0 amide bonds. The highest BCUT2D eigenvalue weighted by Crippen LogP contribution is 2.40. The first-order chi connectivity index (χ1) is 13.0. The van der Waals surface area contributed by atoms with E-state index in [1.807, 2.05) is 0 Å². The van der Waals surface area contributed by atoms with Crippen LogP contribution in [-0.4, -0.2) is 18.5 Å². The molecule has 1 aromatic carbocycles. The van der Waals surface area contributed by atoms with Crippen LogP contribution < -0.4 is 4.74 Å². The van der Waals surface area contributed by atoms with Gasteiger partial charge in [0.15, 0.2) is 11.6 Å². The van der Waals surface area contributed by atoms with Gasteiger partial charge < -0.3 is 4.74 Å². The molecule has 0 aromatic heterocycles. The molecule has 0 bridgehead atoms. The minimum Gasteiger partial charge on any atom is -0.427 e. The quantitative estimate of drug-likeness (QED) is 0.315. The van der Waals surface area contributed by atoms with Crippen molar-refractivity contribution in [3.05, 3.63) is 29.6 Å². The maximum atomic E-state index is 14.1. The minimum absolute atomic E-state index is 0.0654. The van der Waals surface area contributed by atoms with E-state index in [9.17, 15) is 30.7 Å². The van der Waals surface area contributed by atoms with Gasteiger partial charge in [0.25, 0.3) is 6.17 Å². The van der Waals surface area contributed by atoms with Crippen LogP contribution in [0.25, 0.3) is 0 Å². The fourth-order valence-electron chi connectivity index (χ4n) is 3.71. The van der Waals surface area contributed by atoms with E-state index < -0.39 is 30.0 Å². The summed E-state index contributed by atoms with van der Waals surface area (Å²) in [6.45, 7) is 2.14. The monoisotopic (exact) mass is 414 g/mol. The van der Waals surface area contributed by atoms with E-state index in [2.05, 4.69) is 11.7 Å². The number of alkyl halides is 6. The van der Waals surface area contributed by atoms with Gasteiger partial charge in [-0.2, -0.15) is 22.0 Å². The Labute approximate surface area is 160 Å². The summed E-state index contributed by atoms with van der Waals surface area (Å²) in [6.07, 6.45) is -7.16. The zero-order chi connectivity index (χ0) is 20.9. The SMILES string of the molecule is CCCCCC1CCC(c2ccc(OC(F)(F)C(F)C(F)(F)F)c(F)c2)CC1. The topological polar surface area (TPSA) is 9.23 Å². The summed E-state index contributed by atoms with van der Waals surface area (Å²) < 4.78 is 93.9. The van der Waals surface area contributed by atoms with E-state index >= 15 is 0 Å². The van der Waals surface area contributed by atoms with Crippen LogP contribution in [0.2, 0.25) is 0 Å². The van der Waals surface area contributed by atoms with Crippen LogP contribution in [0, 0.1) is 11.7 Å². The lowest BCUT2D eigenvalue weighted by atomic mass is 9.77. The van der Waals surface area contributed by atoms with Crippen molar-refractivity contribution in [2.45, 2.75) is 82.7 Å². The first-order valence-corrected chi connectivity index (χ1v) is 9.61. The molecule has 0 spiro atoms. The molecular weight excluding hydrogens is 389 g/mol. The number of benzene rings is 1. The predicted octanol–water partition coefficient (Wildman–Crippen LogP) is 7.55. The average molecular weight is 414 g/mol. The van der Waals surface area contributed by atoms with Crippen molar-refractivity contribution < 1.29 is 35.5 Å². The molecular formula is C20H25F7O. The normalized spacial score (nSPS) is 22.1. The number of hydrogen-bond acceptors (Lipinski definition) is 1. The lowest BCUT2D eigenvalue weighted by molar-refractivity contribution is -0.305. The van der Waals surface area contributed by atoms with Crippen molar-refractivity contribution in [1.29, 1.82) is 0 Å². The summed E-state index contributed by atoms with van der Waals surface area (Å²) in [6, 6.07) is 3.20. The van der Waals surface area contributed by atoms with Crippen LogP contribution in [0.15, 0.2) is 18.2 Å². The molecule has 1 fully saturated rings. The number of hydrogen-bond donors (Lipinski definition) is 0. The predicted molar refractivity (Wildman–Crippen MR) is 91.8 cm³/mol. The van der Waals surface area contributed by atoms with Crippen LogP contribution in [-0.2, 0) is 0 Å². The van der Waals surface area contributed by atoms with Crippen molar-refractivity contribution in [2.24, 2.45) is 5.92 Å². The second-order valence-electron chi connectivity index (χ2n) is 7.47. The van der Waals surface area contributed by atoms with Crippen molar-refractivity contribution >= 4 is 0 Å². The van der Waals surface area contributed by atoms with E-state index in [0.717, 1.165) is 44.2 Å². The van der Waals surface area contributed by atoms with E-state index in [1.54, 1.807) is 0 Å². The van der Waals surface area contributed by atoms with E-state index in [0.29, 0.717) is 11.5 Å². The average Bonchev–Trinajstić information content (AvgIpc) is 2.63.